The van der Waals surface area contributed by atoms with Crippen LogP contribution >= 0.6 is 11.6 Å². The Balaban J connectivity index is 0.000000247. The first kappa shape index (κ1) is 31.8. The lowest BCUT2D eigenvalue weighted by molar-refractivity contribution is -0.120. The summed E-state index contributed by atoms with van der Waals surface area (Å²) < 4.78 is 5.61. The molecule has 2 aromatic carbocycles. The average Bonchev–Trinajstić information content (AvgIpc) is 3.42. The van der Waals surface area contributed by atoms with Crippen LogP contribution < -0.4 is 26.0 Å². The lowest BCUT2D eigenvalue weighted by Gasteiger charge is -2.09. The highest BCUT2D eigenvalue weighted by Crippen LogP contribution is 2.29. The Kier molecular flexibility index (Phi) is 13.0. The molecule has 12 heteroatoms. The van der Waals surface area contributed by atoms with E-state index in [0.29, 0.717) is 47.4 Å². The van der Waals surface area contributed by atoms with E-state index < -0.39 is 0 Å². The number of anilines is 1. The molecule has 0 saturated carbocycles. The third-order valence-electron chi connectivity index (χ3n) is 6.00. The fourth-order valence-corrected chi connectivity index (χ4v) is 4.05. The highest BCUT2D eigenvalue weighted by Gasteiger charge is 2.19. The molecule has 0 aliphatic carbocycles. The number of aliphatic imine (C=N–C) groups is 1. The van der Waals surface area contributed by atoms with Gasteiger partial charge in [0.25, 0.3) is 0 Å². The maximum Gasteiger partial charge on any atom is 0.225 e. The van der Waals surface area contributed by atoms with E-state index in [-0.39, 0.29) is 12.3 Å². The number of para-hydroxylation sites is 1. The monoisotopic (exact) mass is 591 g/mol. The Hall–Kier alpha value is -4.74. The van der Waals surface area contributed by atoms with Crippen molar-refractivity contribution < 1.29 is 19.1 Å². The number of amidine groups is 1. The molecule has 0 saturated heterocycles. The summed E-state index contributed by atoms with van der Waals surface area (Å²) in [5.74, 6) is 1.64. The number of hydrogen-bond donors (Lipinski definition) is 4. The molecular weight excluding hydrogens is 558 g/mol. The lowest BCUT2D eigenvalue weighted by Crippen LogP contribution is -2.25. The molecule has 11 nitrogen and oxygen atoms in total. The van der Waals surface area contributed by atoms with Gasteiger partial charge in [-0.2, -0.15) is 0 Å². The molecule has 1 aromatic heterocycles. The zero-order valence-electron chi connectivity index (χ0n) is 23.5. The normalized spacial score (nSPS) is 12.5. The smallest absolute Gasteiger partial charge is 0.225 e. The van der Waals surface area contributed by atoms with Gasteiger partial charge >= 0.3 is 0 Å². The van der Waals surface area contributed by atoms with Crippen molar-refractivity contribution in [3.8, 4) is 11.5 Å². The number of benzene rings is 2. The van der Waals surface area contributed by atoms with Crippen LogP contribution in [0.1, 0.15) is 30.3 Å². The molecule has 2 heterocycles. The number of nitrogens with one attached hydrogen (secondary N) is 4. The molecule has 0 fully saturated rings. The highest BCUT2D eigenvalue weighted by molar-refractivity contribution is 6.32. The van der Waals surface area contributed by atoms with Gasteiger partial charge in [0.15, 0.2) is 5.84 Å². The lowest BCUT2D eigenvalue weighted by atomic mass is 10.2. The standard InChI is InChI=1S/C17H24N6O2.C13H10ClNO2/c1-3-23-10-13-4-5-14(22-15(13)11-23)17(18-2)21-9-8-20-16(25)6-7-19-12-24;14-12-6-1-2-7-13(12)17-11-5-3-4-10(8-11)15-9-16/h4-5,8-9,12H,3,6-7,10-11H2,1-2H3,(H,18,21)(H,19,24)(H,20,25);1-9H,(H,15,16)/b9-8+;. The number of pyridine rings is 1. The summed E-state index contributed by atoms with van der Waals surface area (Å²) in [6.07, 6.45) is 4.51. The Labute approximate surface area is 250 Å². The van der Waals surface area contributed by atoms with E-state index in [0.717, 1.165) is 31.0 Å². The van der Waals surface area contributed by atoms with Crippen molar-refractivity contribution in [2.75, 3.05) is 25.5 Å². The van der Waals surface area contributed by atoms with E-state index in [1.807, 2.05) is 18.2 Å². The van der Waals surface area contributed by atoms with Gasteiger partial charge in [-0.25, -0.2) is 4.98 Å². The van der Waals surface area contributed by atoms with E-state index in [9.17, 15) is 14.4 Å². The topological polar surface area (TPSA) is 137 Å². The second-order valence-electron chi connectivity index (χ2n) is 8.87. The minimum atomic E-state index is -0.183. The summed E-state index contributed by atoms with van der Waals surface area (Å²) in [6, 6.07) is 18.3. The molecule has 0 spiro atoms. The van der Waals surface area contributed by atoms with Gasteiger partial charge < -0.3 is 26.0 Å². The van der Waals surface area contributed by atoms with Crippen LogP contribution in [0, 0.1) is 0 Å². The van der Waals surface area contributed by atoms with E-state index in [1.165, 1.54) is 11.8 Å². The summed E-state index contributed by atoms with van der Waals surface area (Å²) in [5.41, 5.74) is 3.78. The zero-order chi connectivity index (χ0) is 30.2. The number of halogens is 1. The summed E-state index contributed by atoms with van der Waals surface area (Å²) >= 11 is 5.98. The Morgan fingerprint density at radius 3 is 2.60 bits per heavy atom. The highest BCUT2D eigenvalue weighted by atomic mass is 35.5. The predicted molar refractivity (Wildman–Crippen MR) is 163 cm³/mol. The van der Waals surface area contributed by atoms with Crippen LogP contribution in [0.2, 0.25) is 5.02 Å². The van der Waals surface area contributed by atoms with Gasteiger partial charge in [-0.3, -0.25) is 24.3 Å². The van der Waals surface area contributed by atoms with Gasteiger partial charge in [-0.15, -0.1) is 0 Å². The van der Waals surface area contributed by atoms with Crippen molar-refractivity contribution in [2.45, 2.75) is 26.4 Å². The second-order valence-corrected chi connectivity index (χ2v) is 9.27. The molecule has 4 rings (SSSR count). The van der Waals surface area contributed by atoms with E-state index in [2.05, 4.69) is 49.1 Å². The summed E-state index contributed by atoms with van der Waals surface area (Å²) in [5, 5.41) is 11.2. The molecule has 4 N–H and O–H groups in total. The number of carbonyl (C=O) groups is 3. The van der Waals surface area contributed by atoms with Gasteiger partial charge in [0.2, 0.25) is 18.7 Å². The van der Waals surface area contributed by atoms with Crippen molar-refractivity contribution >= 4 is 41.9 Å². The van der Waals surface area contributed by atoms with Crippen LogP contribution in [-0.4, -0.2) is 54.6 Å². The van der Waals surface area contributed by atoms with Crippen LogP contribution in [0.5, 0.6) is 11.5 Å². The SMILES string of the molecule is CCN1Cc2ccc(C(=NC)N/C=C/NC(=O)CCNC=O)nc2C1.O=CNc1cccc(Oc2ccccc2Cl)c1. The number of aromatic nitrogens is 1. The third-order valence-corrected chi connectivity index (χ3v) is 6.31. The number of carbonyl (C=O) groups excluding carboxylic acids is 3. The fourth-order valence-electron chi connectivity index (χ4n) is 3.87. The maximum absolute atomic E-state index is 11.5. The first-order chi connectivity index (χ1) is 20.5. The largest absolute Gasteiger partial charge is 0.456 e. The Bertz CT molecular complexity index is 1410. The fraction of sp³-hybridized carbons (Fsp3) is 0.233. The number of ether oxygens (including phenoxy) is 1. The molecule has 0 unspecified atom stereocenters. The van der Waals surface area contributed by atoms with Gasteiger partial charge in [-0.1, -0.05) is 42.8 Å². The maximum atomic E-state index is 11.5. The van der Waals surface area contributed by atoms with Gasteiger partial charge in [-0.05, 0) is 42.4 Å². The van der Waals surface area contributed by atoms with Crippen LogP contribution in [-0.2, 0) is 27.5 Å². The van der Waals surface area contributed by atoms with Crippen LogP contribution in [0.3, 0.4) is 0 Å². The molecule has 0 atom stereocenters. The van der Waals surface area contributed by atoms with Crippen molar-refractivity contribution in [1.82, 2.24) is 25.8 Å². The van der Waals surface area contributed by atoms with Gasteiger partial charge in [0, 0.05) is 57.3 Å². The number of fused-ring (bicyclic) bond motifs is 1. The summed E-state index contributed by atoms with van der Waals surface area (Å²) in [6.45, 7) is 5.25. The minimum Gasteiger partial charge on any atom is -0.456 e. The third kappa shape index (κ3) is 10.0. The molecule has 42 heavy (non-hydrogen) atoms. The summed E-state index contributed by atoms with van der Waals surface area (Å²) in [7, 11) is 1.69. The van der Waals surface area contributed by atoms with Crippen LogP contribution in [0.25, 0.3) is 0 Å². The Morgan fingerprint density at radius 2 is 1.86 bits per heavy atom. The van der Waals surface area contributed by atoms with Crippen molar-refractivity contribution in [2.24, 2.45) is 4.99 Å². The van der Waals surface area contributed by atoms with Crippen molar-refractivity contribution in [1.29, 1.82) is 0 Å². The summed E-state index contributed by atoms with van der Waals surface area (Å²) in [4.78, 5) is 43.2. The number of amides is 3. The van der Waals surface area contributed by atoms with Gasteiger partial charge in [0.05, 0.1) is 10.7 Å². The zero-order valence-corrected chi connectivity index (χ0v) is 24.2. The number of rotatable bonds is 12. The number of hydrogen-bond acceptors (Lipinski definition) is 7. The van der Waals surface area contributed by atoms with Crippen molar-refractivity contribution in [3.05, 3.63) is 95.0 Å². The predicted octanol–water partition coefficient (Wildman–Crippen LogP) is 3.81. The first-order valence-electron chi connectivity index (χ1n) is 13.3. The van der Waals surface area contributed by atoms with Crippen LogP contribution in [0.15, 0.2) is 78.1 Å². The average molecular weight is 592 g/mol. The van der Waals surface area contributed by atoms with E-state index in [4.69, 9.17) is 16.3 Å². The first-order valence-corrected chi connectivity index (χ1v) is 13.6. The quantitative estimate of drug-likeness (QED) is 0.109. The minimum absolute atomic E-state index is 0.183. The second kappa shape index (κ2) is 17.2. The molecule has 1 aliphatic rings. The van der Waals surface area contributed by atoms with E-state index in [1.54, 1.807) is 49.6 Å². The molecular formula is C30H34ClN7O4. The molecule has 220 valence electrons. The molecule has 0 bridgehead atoms. The Morgan fingerprint density at radius 1 is 1.05 bits per heavy atom. The van der Waals surface area contributed by atoms with E-state index >= 15 is 0 Å². The molecule has 3 amide bonds. The van der Waals surface area contributed by atoms with Crippen molar-refractivity contribution in [3.63, 3.8) is 0 Å². The molecule has 1 aliphatic heterocycles. The molecule has 3 aromatic rings. The number of nitrogens with zero attached hydrogens (tertiary/aromatic N) is 3. The van der Waals surface area contributed by atoms with Gasteiger partial charge in [0.1, 0.15) is 17.2 Å². The van der Waals surface area contributed by atoms with Crippen LogP contribution in [0.4, 0.5) is 5.69 Å². The molecule has 0 radical (unpaired) electrons.